The van der Waals surface area contributed by atoms with Crippen molar-refractivity contribution in [3.05, 3.63) is 223 Å². The van der Waals surface area contributed by atoms with Gasteiger partial charge in [-0.15, -0.1) is 0 Å². The minimum atomic E-state index is -0.129. The molecule has 0 fully saturated rings. The number of hydrogen-bond donors (Lipinski definition) is 0. The van der Waals surface area contributed by atoms with Gasteiger partial charge in [0.15, 0.2) is 0 Å². The highest BCUT2D eigenvalue weighted by Crippen LogP contribution is 2.19. The highest BCUT2D eigenvalue weighted by molar-refractivity contribution is 6.98. The summed E-state index contributed by atoms with van der Waals surface area (Å²) < 4.78 is 0. The summed E-state index contributed by atoms with van der Waals surface area (Å²) in [7, 11) is 0. The first-order valence-corrected chi connectivity index (χ1v) is 23.1. The van der Waals surface area contributed by atoms with Crippen LogP contribution in [0.1, 0.15) is 89.0 Å². The van der Waals surface area contributed by atoms with E-state index in [1.807, 2.05) is 30.5 Å². The summed E-state index contributed by atoms with van der Waals surface area (Å²) >= 11 is 0. The Balaban J connectivity index is 1.52. The molecule has 8 aromatic rings. The van der Waals surface area contributed by atoms with E-state index in [1.54, 1.807) is 6.20 Å². The van der Waals surface area contributed by atoms with Crippen LogP contribution < -0.4 is 32.8 Å². The summed E-state index contributed by atoms with van der Waals surface area (Å²) in [6, 6.07) is 43.8. The maximum atomic E-state index is 4.84. The number of aryl methyl sites for hydroxylation is 12. The van der Waals surface area contributed by atoms with Crippen LogP contribution in [-0.2, 0) is 0 Å². The molecule has 0 N–H and O–H groups in total. The van der Waals surface area contributed by atoms with Crippen molar-refractivity contribution in [1.82, 2.24) is 9.97 Å². The summed E-state index contributed by atoms with van der Waals surface area (Å²) in [5.41, 5.74) is 28.1. The Kier molecular flexibility index (Phi) is 13.2. The first-order chi connectivity index (χ1) is 31.7. The molecule has 4 heteroatoms. The molecule has 0 amide bonds. The molecule has 0 aliphatic carbocycles. The van der Waals surface area contributed by atoms with Crippen molar-refractivity contribution in [1.29, 1.82) is 0 Å². The topological polar surface area (TPSA) is 25.8 Å². The van der Waals surface area contributed by atoms with Crippen LogP contribution in [0, 0.1) is 107 Å². The third kappa shape index (κ3) is 9.48. The summed E-state index contributed by atoms with van der Waals surface area (Å²) in [6.07, 6.45) is 3.67. The number of aromatic nitrogens is 2. The Morgan fingerprint density at radius 3 is 1.05 bits per heavy atom. The predicted molar refractivity (Wildman–Crippen MR) is 284 cm³/mol. The summed E-state index contributed by atoms with van der Waals surface area (Å²) in [6.45, 7) is 26.7. The second kappa shape index (κ2) is 19.1. The molecule has 0 saturated carbocycles. The van der Waals surface area contributed by atoms with Crippen LogP contribution in [-0.4, -0.2) is 23.4 Å². The quantitative estimate of drug-likeness (QED) is 0.118. The molecular formula is C62H58B2N2. The zero-order chi connectivity index (χ0) is 46.8. The van der Waals surface area contributed by atoms with Crippen molar-refractivity contribution in [3.8, 4) is 35.1 Å². The van der Waals surface area contributed by atoms with Gasteiger partial charge < -0.3 is 0 Å². The van der Waals surface area contributed by atoms with Gasteiger partial charge in [0.25, 0.3) is 0 Å². The molecule has 2 heterocycles. The average molecular weight is 853 g/mol. The van der Waals surface area contributed by atoms with E-state index < -0.39 is 0 Å². The molecule has 2 nitrogen and oxygen atoms in total. The summed E-state index contributed by atoms with van der Waals surface area (Å²) in [4.78, 5) is 9.38. The second-order valence-electron chi connectivity index (χ2n) is 18.7. The largest absolute Gasteiger partial charge is 0.255 e. The van der Waals surface area contributed by atoms with Crippen molar-refractivity contribution in [2.24, 2.45) is 0 Å². The molecule has 2 aromatic heterocycles. The fourth-order valence-corrected chi connectivity index (χ4v) is 10.8. The van der Waals surface area contributed by atoms with Crippen LogP contribution in [0.4, 0.5) is 0 Å². The Hall–Kier alpha value is -7.13. The normalized spacial score (nSPS) is 10.8. The van der Waals surface area contributed by atoms with Crippen LogP contribution in [0.15, 0.2) is 134 Å². The molecule has 0 atom stereocenters. The highest BCUT2D eigenvalue weighted by atomic mass is 14.8. The van der Waals surface area contributed by atoms with Crippen LogP contribution in [0.2, 0.25) is 0 Å². The predicted octanol–water partition coefficient (Wildman–Crippen LogP) is 9.68. The Morgan fingerprint density at radius 2 is 0.697 bits per heavy atom. The molecule has 0 saturated heterocycles. The molecule has 0 aliphatic heterocycles. The van der Waals surface area contributed by atoms with Gasteiger partial charge in [0.05, 0.1) is 11.4 Å². The average Bonchev–Trinajstić information content (AvgIpc) is 3.26. The smallest absolute Gasteiger partial charge is 0.244 e. The number of nitrogens with zero attached hydrogens (tertiary/aromatic N) is 2. The van der Waals surface area contributed by atoms with Crippen molar-refractivity contribution in [3.63, 3.8) is 0 Å². The maximum Gasteiger partial charge on any atom is 0.244 e. The first kappa shape index (κ1) is 45.4. The Labute approximate surface area is 395 Å². The Morgan fingerprint density at radius 1 is 0.333 bits per heavy atom. The molecule has 8 rings (SSSR count). The minimum Gasteiger partial charge on any atom is -0.255 e. The zero-order valence-electron chi connectivity index (χ0n) is 40.8. The van der Waals surface area contributed by atoms with Crippen molar-refractivity contribution < 1.29 is 0 Å². The molecule has 6 aromatic carbocycles. The molecular weight excluding hydrogens is 794 g/mol. The summed E-state index contributed by atoms with van der Waals surface area (Å²) in [5.74, 6) is 14.9. The molecule has 66 heavy (non-hydrogen) atoms. The van der Waals surface area contributed by atoms with Crippen LogP contribution >= 0.6 is 0 Å². The van der Waals surface area contributed by atoms with Gasteiger partial charge in [0, 0.05) is 34.6 Å². The van der Waals surface area contributed by atoms with E-state index in [0.717, 1.165) is 44.6 Å². The first-order valence-electron chi connectivity index (χ1n) is 23.1. The maximum absolute atomic E-state index is 4.84. The second-order valence-corrected chi connectivity index (χ2v) is 18.7. The highest BCUT2D eigenvalue weighted by Gasteiger charge is 2.35. The van der Waals surface area contributed by atoms with Gasteiger partial charge in [-0.25, -0.2) is 0 Å². The van der Waals surface area contributed by atoms with E-state index in [1.165, 1.54) is 88.6 Å². The van der Waals surface area contributed by atoms with Crippen LogP contribution in [0.5, 0.6) is 0 Å². The lowest BCUT2D eigenvalue weighted by molar-refractivity contribution is 1.24. The van der Waals surface area contributed by atoms with Crippen molar-refractivity contribution >= 4 is 46.2 Å². The third-order valence-corrected chi connectivity index (χ3v) is 13.1. The van der Waals surface area contributed by atoms with Gasteiger partial charge >= 0.3 is 0 Å². The molecule has 0 spiro atoms. The fourth-order valence-electron chi connectivity index (χ4n) is 10.8. The van der Waals surface area contributed by atoms with E-state index in [0.29, 0.717) is 0 Å². The Bertz CT molecular complexity index is 3060. The van der Waals surface area contributed by atoms with Gasteiger partial charge in [-0.1, -0.05) is 208 Å². The van der Waals surface area contributed by atoms with E-state index in [4.69, 9.17) is 4.98 Å². The van der Waals surface area contributed by atoms with Crippen LogP contribution in [0.3, 0.4) is 0 Å². The standard InChI is InChI=1S/C62H58B2N2/c1-39-28-43(5)59(44(6)29-39)63(60-45(7)30-40(2)31-46(60)8)55-37-54(25-22-52-23-26-58(66-38-52)57-20-16-17-27-65-57)56(36-53(55)24-21-51-18-14-13-15-19-51)64(61-47(9)32-41(3)33-48(61)10)62-49(11)34-42(4)35-50(62)12/h13-20,23,26-38H,1-12H3. The molecule has 322 valence electrons. The van der Waals surface area contributed by atoms with E-state index in [9.17, 15) is 0 Å². The van der Waals surface area contributed by atoms with Crippen molar-refractivity contribution in [2.75, 3.05) is 0 Å². The number of pyridine rings is 2. The molecule has 0 aliphatic rings. The molecule has 0 unspecified atom stereocenters. The number of rotatable bonds is 7. The van der Waals surface area contributed by atoms with E-state index >= 15 is 0 Å². The van der Waals surface area contributed by atoms with E-state index in [-0.39, 0.29) is 13.4 Å². The number of benzene rings is 6. The number of hydrogen-bond acceptors (Lipinski definition) is 2. The molecule has 0 bridgehead atoms. The SMILES string of the molecule is Cc1cc(C)c(B(c2cc(C#Cc3ccc(-c4ccccn4)nc3)c(B(c3c(C)cc(C)cc3C)c3c(C)cc(C)cc3C)cc2C#Cc2ccccc2)c2c(C)cc(C)cc2C)c(C)c1. The van der Waals surface area contributed by atoms with Crippen LogP contribution in [0.25, 0.3) is 11.4 Å². The lowest BCUT2D eigenvalue weighted by Gasteiger charge is -2.28. The minimum absolute atomic E-state index is 0.121. The van der Waals surface area contributed by atoms with Crippen molar-refractivity contribution in [2.45, 2.75) is 83.1 Å². The molecule has 0 radical (unpaired) electrons. The third-order valence-electron chi connectivity index (χ3n) is 13.1. The van der Waals surface area contributed by atoms with Gasteiger partial charge in [-0.05, 0) is 119 Å². The monoisotopic (exact) mass is 852 g/mol. The summed E-state index contributed by atoms with van der Waals surface area (Å²) in [5, 5.41) is 0. The van der Waals surface area contributed by atoms with Gasteiger partial charge in [0.2, 0.25) is 13.4 Å². The lowest BCUT2D eigenvalue weighted by Crippen LogP contribution is -2.59. The lowest BCUT2D eigenvalue weighted by atomic mass is 9.31. The van der Waals surface area contributed by atoms with Gasteiger partial charge in [0.1, 0.15) is 0 Å². The van der Waals surface area contributed by atoms with E-state index in [2.05, 4.69) is 209 Å². The van der Waals surface area contributed by atoms with Gasteiger partial charge in [-0.3, -0.25) is 9.97 Å². The zero-order valence-corrected chi connectivity index (χ0v) is 40.8. The fraction of sp³-hybridized carbons (Fsp3) is 0.194. The van der Waals surface area contributed by atoms with Gasteiger partial charge in [-0.2, -0.15) is 0 Å².